The third-order valence-electron chi connectivity index (χ3n) is 4.20. The zero-order valence-corrected chi connectivity index (χ0v) is 14.5. The molecule has 0 spiro atoms. The van der Waals surface area contributed by atoms with Crippen molar-refractivity contribution >= 4 is 16.6 Å². The molecule has 0 saturated heterocycles. The number of aryl methyl sites for hydroxylation is 1. The molecule has 5 heteroatoms. The molecule has 3 rings (SSSR count). The number of benzene rings is 2. The van der Waals surface area contributed by atoms with Gasteiger partial charge in [-0.3, -0.25) is 0 Å². The molecule has 0 bridgehead atoms. The summed E-state index contributed by atoms with van der Waals surface area (Å²) in [5.74, 6) is 0.769. The van der Waals surface area contributed by atoms with E-state index in [-0.39, 0.29) is 0 Å². The third kappa shape index (κ3) is 3.17. The Morgan fingerprint density at radius 3 is 2.52 bits per heavy atom. The Balaban J connectivity index is 2.16. The molecule has 128 valence electrons. The molecule has 25 heavy (non-hydrogen) atoms. The number of fused-ring (bicyclic) bond motifs is 1. The summed E-state index contributed by atoms with van der Waals surface area (Å²) in [6.45, 7) is 3.84. The molecule has 5 nitrogen and oxygen atoms in total. The Bertz CT molecular complexity index is 921. The van der Waals surface area contributed by atoms with E-state index in [0.717, 1.165) is 34.5 Å². The molecule has 3 aromatic rings. The van der Waals surface area contributed by atoms with E-state index >= 15 is 0 Å². The van der Waals surface area contributed by atoms with Gasteiger partial charge in [-0.1, -0.05) is 12.1 Å². The van der Waals surface area contributed by atoms with Crippen LogP contribution in [0.4, 0.5) is 5.69 Å². The monoisotopic (exact) mass is 335 g/mol. The summed E-state index contributed by atoms with van der Waals surface area (Å²) in [5.41, 5.74) is 10.1. The fourth-order valence-corrected chi connectivity index (χ4v) is 3.04. The highest BCUT2D eigenvalue weighted by Gasteiger charge is 2.18. The van der Waals surface area contributed by atoms with Crippen LogP contribution in [-0.4, -0.2) is 24.9 Å². The Morgan fingerprint density at radius 1 is 1.12 bits per heavy atom. The van der Waals surface area contributed by atoms with Crippen molar-refractivity contribution in [1.82, 2.24) is 4.57 Å². The highest BCUT2D eigenvalue weighted by Crippen LogP contribution is 2.35. The summed E-state index contributed by atoms with van der Waals surface area (Å²) in [6, 6.07) is 15.8. The summed E-state index contributed by atoms with van der Waals surface area (Å²) in [6.07, 6.45) is 0. The van der Waals surface area contributed by atoms with Gasteiger partial charge in [0.2, 0.25) is 0 Å². The number of aromatic nitrogens is 1. The lowest BCUT2D eigenvalue weighted by molar-refractivity contribution is 0.146. The molecule has 0 radical (unpaired) electrons. The van der Waals surface area contributed by atoms with Crippen LogP contribution in [0.25, 0.3) is 22.2 Å². The molecule has 1 heterocycles. The van der Waals surface area contributed by atoms with Crippen molar-refractivity contribution < 1.29 is 9.47 Å². The van der Waals surface area contributed by atoms with Gasteiger partial charge in [-0.2, -0.15) is 5.26 Å². The van der Waals surface area contributed by atoms with Crippen molar-refractivity contribution in [2.24, 2.45) is 0 Å². The molecule has 0 atom stereocenters. The molecular weight excluding hydrogens is 314 g/mol. The summed E-state index contributed by atoms with van der Waals surface area (Å²) in [7, 11) is 1.65. The lowest BCUT2D eigenvalue weighted by atomic mass is 10.1. The maximum atomic E-state index is 9.75. The van der Waals surface area contributed by atoms with Crippen LogP contribution in [0, 0.1) is 11.3 Å². The largest absolute Gasteiger partial charge is 0.491 e. The van der Waals surface area contributed by atoms with Gasteiger partial charge < -0.3 is 19.8 Å². The second-order valence-corrected chi connectivity index (χ2v) is 5.72. The van der Waals surface area contributed by atoms with E-state index in [1.165, 1.54) is 0 Å². The van der Waals surface area contributed by atoms with E-state index in [4.69, 9.17) is 15.2 Å². The number of nitrogens with zero attached hydrogens (tertiary/aromatic N) is 2. The smallest absolute Gasteiger partial charge is 0.121 e. The second-order valence-electron chi connectivity index (χ2n) is 5.72. The molecule has 2 aromatic carbocycles. The van der Waals surface area contributed by atoms with Crippen molar-refractivity contribution in [1.29, 1.82) is 5.26 Å². The van der Waals surface area contributed by atoms with Gasteiger partial charge in [0.25, 0.3) is 0 Å². The Morgan fingerprint density at radius 2 is 1.88 bits per heavy atom. The number of rotatable bonds is 6. The first-order valence-electron chi connectivity index (χ1n) is 8.23. The highest BCUT2D eigenvalue weighted by atomic mass is 16.5. The molecule has 0 fully saturated rings. The van der Waals surface area contributed by atoms with E-state index in [1.807, 2.05) is 42.5 Å². The Hall–Kier alpha value is -2.97. The van der Waals surface area contributed by atoms with Crippen LogP contribution in [-0.2, 0) is 11.3 Å². The number of nitriles is 1. The predicted octanol–water partition coefficient (Wildman–Crippen LogP) is 3.81. The molecular formula is C20H21N3O2. The number of hydrogen-bond acceptors (Lipinski definition) is 4. The average Bonchev–Trinajstić information content (AvgIpc) is 2.95. The van der Waals surface area contributed by atoms with Gasteiger partial charge in [0.15, 0.2) is 0 Å². The van der Waals surface area contributed by atoms with E-state index in [1.54, 1.807) is 7.11 Å². The molecule has 0 amide bonds. The summed E-state index contributed by atoms with van der Waals surface area (Å²) >= 11 is 0. The van der Waals surface area contributed by atoms with E-state index in [2.05, 4.69) is 17.6 Å². The van der Waals surface area contributed by atoms with Crippen molar-refractivity contribution in [3.63, 3.8) is 0 Å². The van der Waals surface area contributed by atoms with E-state index < -0.39 is 0 Å². The van der Waals surface area contributed by atoms with Crippen LogP contribution in [0.2, 0.25) is 0 Å². The van der Waals surface area contributed by atoms with Gasteiger partial charge in [0, 0.05) is 30.8 Å². The number of hydrogen-bond donors (Lipinski definition) is 1. The molecule has 0 aliphatic carbocycles. The van der Waals surface area contributed by atoms with Crippen LogP contribution in [0.1, 0.15) is 12.5 Å². The molecule has 2 N–H and O–H groups in total. The van der Waals surface area contributed by atoms with E-state index in [9.17, 15) is 5.26 Å². The van der Waals surface area contributed by atoms with Gasteiger partial charge in [0.1, 0.15) is 18.4 Å². The topological polar surface area (TPSA) is 73.2 Å². The van der Waals surface area contributed by atoms with Gasteiger partial charge in [-0.05, 0) is 36.8 Å². The van der Waals surface area contributed by atoms with Crippen molar-refractivity contribution in [2.75, 3.05) is 26.1 Å². The van der Waals surface area contributed by atoms with Gasteiger partial charge in [-0.15, -0.1) is 0 Å². The summed E-state index contributed by atoms with van der Waals surface area (Å²) in [5, 5.41) is 10.7. The highest BCUT2D eigenvalue weighted by molar-refractivity contribution is 5.95. The van der Waals surface area contributed by atoms with Crippen LogP contribution >= 0.6 is 0 Å². The first-order chi connectivity index (χ1) is 12.2. The van der Waals surface area contributed by atoms with Gasteiger partial charge in [0.05, 0.1) is 23.4 Å². The predicted molar refractivity (Wildman–Crippen MR) is 99.5 cm³/mol. The van der Waals surface area contributed by atoms with Gasteiger partial charge >= 0.3 is 0 Å². The first-order valence-corrected chi connectivity index (χ1v) is 8.23. The third-order valence-corrected chi connectivity index (χ3v) is 4.20. The average molecular weight is 335 g/mol. The molecule has 0 aliphatic heterocycles. The Kier molecular flexibility index (Phi) is 4.92. The first kappa shape index (κ1) is 16.9. The number of nitrogen functional groups attached to an aromatic ring is 1. The number of ether oxygens (including phenoxy) is 2. The van der Waals surface area contributed by atoms with Crippen LogP contribution < -0.4 is 10.5 Å². The number of nitrogens with two attached hydrogens (primary N) is 1. The lowest BCUT2D eigenvalue weighted by Crippen LogP contribution is -2.04. The van der Waals surface area contributed by atoms with E-state index in [0.29, 0.717) is 24.5 Å². The van der Waals surface area contributed by atoms with Crippen LogP contribution in [0.3, 0.4) is 0 Å². The minimum atomic E-state index is 0.491. The lowest BCUT2D eigenvalue weighted by Gasteiger charge is -2.10. The minimum absolute atomic E-state index is 0.491. The van der Waals surface area contributed by atoms with Crippen molar-refractivity contribution in [3.8, 4) is 23.1 Å². The molecule has 0 aliphatic rings. The summed E-state index contributed by atoms with van der Waals surface area (Å²) < 4.78 is 12.9. The normalized spacial score (nSPS) is 10.8. The molecule has 0 unspecified atom stereocenters. The quantitative estimate of drug-likeness (QED) is 0.549. The zero-order chi connectivity index (χ0) is 17.8. The van der Waals surface area contributed by atoms with Crippen LogP contribution in [0.15, 0.2) is 42.5 Å². The maximum Gasteiger partial charge on any atom is 0.121 e. The second kappa shape index (κ2) is 7.29. The van der Waals surface area contributed by atoms with Crippen molar-refractivity contribution in [2.45, 2.75) is 13.5 Å². The maximum absolute atomic E-state index is 9.75. The number of anilines is 1. The SMILES string of the molecule is CCn1c(-c2ccc(N)cc2)c(C#N)c2ccc(OCCOC)cc21. The van der Waals surface area contributed by atoms with Crippen LogP contribution in [0.5, 0.6) is 5.75 Å². The number of methoxy groups -OCH3 is 1. The van der Waals surface area contributed by atoms with Crippen molar-refractivity contribution in [3.05, 3.63) is 48.0 Å². The van der Waals surface area contributed by atoms with Gasteiger partial charge in [-0.25, -0.2) is 0 Å². The zero-order valence-electron chi connectivity index (χ0n) is 14.5. The Labute approximate surface area is 147 Å². The fourth-order valence-electron chi connectivity index (χ4n) is 3.04. The molecule has 1 aromatic heterocycles. The molecule has 0 saturated carbocycles. The standard InChI is InChI=1S/C20H21N3O2/c1-3-23-19-12-16(25-11-10-24-2)8-9-17(19)18(13-21)20(23)14-4-6-15(22)7-5-14/h4-9,12H,3,10-11,22H2,1-2H3. The minimum Gasteiger partial charge on any atom is -0.491 e. The fraction of sp³-hybridized carbons (Fsp3) is 0.250. The summed E-state index contributed by atoms with van der Waals surface area (Å²) in [4.78, 5) is 0.